The Hall–Kier alpha value is -1.20. The Morgan fingerprint density at radius 2 is 2.00 bits per heavy atom. The zero-order chi connectivity index (χ0) is 9.14. The lowest BCUT2D eigenvalue weighted by atomic mass is 10.2. The van der Waals surface area contributed by atoms with Crippen molar-refractivity contribution in [3.05, 3.63) is 29.3 Å². The topological polar surface area (TPSA) is 55.5 Å². The van der Waals surface area contributed by atoms with Crippen molar-refractivity contribution in [3.63, 3.8) is 0 Å². The van der Waals surface area contributed by atoms with Crippen LogP contribution in [-0.2, 0) is 11.4 Å². The number of phenols is 1. The average Bonchev–Trinajstić information content (AvgIpc) is 2.07. The second kappa shape index (κ2) is 3.46. The summed E-state index contributed by atoms with van der Waals surface area (Å²) in [6.07, 6.45) is 0. The zero-order valence-electron chi connectivity index (χ0n) is 6.05. The van der Waals surface area contributed by atoms with Gasteiger partial charge in [0.2, 0.25) is 5.82 Å². The second-order valence-electron chi connectivity index (χ2n) is 2.18. The molecule has 0 saturated heterocycles. The largest absolute Gasteiger partial charge is 0.505 e. The van der Waals surface area contributed by atoms with Crippen LogP contribution in [0.15, 0.2) is 12.1 Å². The van der Waals surface area contributed by atoms with Crippen LogP contribution in [0.1, 0.15) is 5.56 Å². The Labute approximate surface area is 67.3 Å². The molecular formula is C7H7F2NO2. The van der Waals surface area contributed by atoms with Gasteiger partial charge < -0.3 is 5.11 Å². The molecule has 0 radical (unpaired) electrons. The van der Waals surface area contributed by atoms with E-state index < -0.39 is 17.4 Å². The van der Waals surface area contributed by atoms with Crippen LogP contribution >= 0.6 is 0 Å². The molecule has 0 fully saturated rings. The minimum absolute atomic E-state index is 0.0344. The fourth-order valence-corrected chi connectivity index (χ4v) is 0.781. The molecule has 0 saturated carbocycles. The Kier molecular flexibility index (Phi) is 2.57. The highest BCUT2D eigenvalue weighted by molar-refractivity contribution is 5.29. The molecule has 0 aromatic heterocycles. The van der Waals surface area contributed by atoms with Gasteiger partial charge in [-0.25, -0.2) is 10.3 Å². The molecule has 0 aliphatic carbocycles. The minimum Gasteiger partial charge on any atom is -0.505 e. The van der Waals surface area contributed by atoms with Gasteiger partial charge in [0.15, 0.2) is 11.6 Å². The van der Waals surface area contributed by atoms with Gasteiger partial charge in [0.05, 0.1) is 6.61 Å². The molecule has 66 valence electrons. The maximum atomic E-state index is 12.8. The van der Waals surface area contributed by atoms with Crippen molar-refractivity contribution in [2.75, 3.05) is 0 Å². The highest BCUT2D eigenvalue weighted by Crippen LogP contribution is 2.21. The van der Waals surface area contributed by atoms with Crippen LogP contribution in [-0.4, -0.2) is 5.11 Å². The lowest BCUT2D eigenvalue weighted by Gasteiger charge is -2.02. The molecule has 3 nitrogen and oxygen atoms in total. The van der Waals surface area contributed by atoms with Crippen LogP contribution in [0.25, 0.3) is 0 Å². The average molecular weight is 175 g/mol. The minimum atomic E-state index is -1.29. The highest BCUT2D eigenvalue weighted by Gasteiger charge is 2.11. The number of halogens is 2. The van der Waals surface area contributed by atoms with Crippen LogP contribution in [0.5, 0.6) is 5.75 Å². The molecule has 0 unspecified atom stereocenters. The number of benzene rings is 1. The number of hydrogen-bond acceptors (Lipinski definition) is 3. The monoisotopic (exact) mass is 175 g/mol. The van der Waals surface area contributed by atoms with E-state index in [1.165, 1.54) is 6.07 Å². The van der Waals surface area contributed by atoms with E-state index >= 15 is 0 Å². The van der Waals surface area contributed by atoms with E-state index in [4.69, 9.17) is 5.11 Å². The van der Waals surface area contributed by atoms with Gasteiger partial charge in [-0.05, 0) is 12.1 Å². The van der Waals surface area contributed by atoms with E-state index in [2.05, 4.69) is 10.7 Å². The first-order valence-electron chi connectivity index (χ1n) is 3.14. The molecule has 0 spiro atoms. The van der Waals surface area contributed by atoms with Gasteiger partial charge >= 0.3 is 0 Å². The first-order valence-corrected chi connectivity index (χ1v) is 3.14. The molecule has 0 amide bonds. The summed E-state index contributed by atoms with van der Waals surface area (Å²) in [6, 6.07) is 2.23. The number of phenolic OH excluding ortho intramolecular Hbond substituents is 1. The van der Waals surface area contributed by atoms with Crippen LogP contribution in [0, 0.1) is 11.6 Å². The molecule has 1 rings (SSSR count). The van der Waals surface area contributed by atoms with Crippen LogP contribution in [0.4, 0.5) is 8.78 Å². The molecule has 5 heteroatoms. The summed E-state index contributed by atoms with van der Waals surface area (Å²) < 4.78 is 25.4. The lowest BCUT2D eigenvalue weighted by molar-refractivity contribution is 0.121. The summed E-state index contributed by atoms with van der Waals surface area (Å²) in [6.45, 7) is -0.233. The van der Waals surface area contributed by atoms with Crippen molar-refractivity contribution in [1.82, 2.24) is 0 Å². The van der Waals surface area contributed by atoms with Crippen LogP contribution < -0.4 is 5.90 Å². The van der Waals surface area contributed by atoms with Gasteiger partial charge in [0.25, 0.3) is 0 Å². The van der Waals surface area contributed by atoms with E-state index in [0.717, 1.165) is 6.07 Å². The van der Waals surface area contributed by atoms with Crippen molar-refractivity contribution in [2.45, 2.75) is 6.61 Å². The number of nitrogens with two attached hydrogens (primary N) is 1. The molecular weight excluding hydrogens is 168 g/mol. The van der Waals surface area contributed by atoms with Crippen LogP contribution in [0.3, 0.4) is 0 Å². The smallest absolute Gasteiger partial charge is 0.200 e. The molecule has 12 heavy (non-hydrogen) atoms. The first-order chi connectivity index (χ1) is 5.66. The van der Waals surface area contributed by atoms with E-state index in [-0.39, 0.29) is 12.2 Å². The van der Waals surface area contributed by atoms with Crippen molar-refractivity contribution < 1.29 is 18.7 Å². The van der Waals surface area contributed by atoms with E-state index in [0.29, 0.717) is 0 Å². The van der Waals surface area contributed by atoms with Gasteiger partial charge in [-0.15, -0.1) is 0 Å². The summed E-state index contributed by atoms with van der Waals surface area (Å²) in [5, 5.41) is 8.71. The Bertz CT molecular complexity index is 291. The second-order valence-corrected chi connectivity index (χ2v) is 2.18. The lowest BCUT2D eigenvalue weighted by Crippen LogP contribution is -2.02. The molecule has 0 heterocycles. The van der Waals surface area contributed by atoms with Crippen molar-refractivity contribution in [2.24, 2.45) is 5.90 Å². The SMILES string of the molecule is NOCc1ccc(O)c(F)c1F. The third-order valence-electron chi connectivity index (χ3n) is 1.38. The molecule has 3 N–H and O–H groups in total. The Balaban J connectivity index is 3.08. The van der Waals surface area contributed by atoms with Gasteiger partial charge in [-0.1, -0.05) is 0 Å². The maximum absolute atomic E-state index is 12.8. The number of aromatic hydroxyl groups is 1. The maximum Gasteiger partial charge on any atom is 0.200 e. The van der Waals surface area contributed by atoms with Gasteiger partial charge in [0.1, 0.15) is 0 Å². The zero-order valence-corrected chi connectivity index (χ0v) is 6.05. The Morgan fingerprint density at radius 3 is 2.58 bits per heavy atom. The van der Waals surface area contributed by atoms with E-state index in [1.54, 1.807) is 0 Å². The van der Waals surface area contributed by atoms with Crippen molar-refractivity contribution >= 4 is 0 Å². The fraction of sp³-hybridized carbons (Fsp3) is 0.143. The molecule has 1 aromatic carbocycles. The first kappa shape index (κ1) is 8.89. The Morgan fingerprint density at radius 1 is 1.33 bits per heavy atom. The molecule has 0 aliphatic rings. The van der Waals surface area contributed by atoms with Gasteiger partial charge in [-0.2, -0.15) is 4.39 Å². The predicted molar refractivity (Wildman–Crippen MR) is 37.0 cm³/mol. The van der Waals surface area contributed by atoms with Gasteiger partial charge in [0, 0.05) is 5.56 Å². The van der Waals surface area contributed by atoms with Crippen molar-refractivity contribution in [3.8, 4) is 5.75 Å². The summed E-state index contributed by atoms with van der Waals surface area (Å²) >= 11 is 0. The normalized spacial score (nSPS) is 10.2. The third-order valence-corrected chi connectivity index (χ3v) is 1.38. The summed E-state index contributed by atoms with van der Waals surface area (Å²) in [5.41, 5.74) is -0.0344. The fourth-order valence-electron chi connectivity index (χ4n) is 0.781. The number of rotatable bonds is 2. The number of hydrogen-bond donors (Lipinski definition) is 2. The van der Waals surface area contributed by atoms with Crippen molar-refractivity contribution in [1.29, 1.82) is 0 Å². The summed E-state index contributed by atoms with van der Waals surface area (Å²) in [5.74, 6) is 1.51. The summed E-state index contributed by atoms with van der Waals surface area (Å²) in [4.78, 5) is 4.12. The molecule has 0 bridgehead atoms. The van der Waals surface area contributed by atoms with Crippen LogP contribution in [0.2, 0.25) is 0 Å². The van der Waals surface area contributed by atoms with E-state index in [9.17, 15) is 8.78 Å². The summed E-state index contributed by atoms with van der Waals surface area (Å²) in [7, 11) is 0. The third kappa shape index (κ3) is 1.51. The van der Waals surface area contributed by atoms with Gasteiger partial charge in [-0.3, -0.25) is 4.84 Å². The predicted octanol–water partition coefficient (Wildman–Crippen LogP) is 1.06. The quantitative estimate of drug-likeness (QED) is 0.661. The standard InChI is InChI=1S/C7H7F2NO2/c8-6-4(3-12-10)1-2-5(11)7(6)9/h1-2,11H,3,10H2. The van der Waals surface area contributed by atoms with E-state index in [1.807, 2.05) is 0 Å². The molecule has 1 aromatic rings. The molecule has 0 aliphatic heterocycles. The highest BCUT2D eigenvalue weighted by atomic mass is 19.2. The molecule has 0 atom stereocenters.